The van der Waals surface area contributed by atoms with Crippen molar-refractivity contribution in [3.8, 4) is 11.6 Å². The lowest BCUT2D eigenvalue weighted by atomic mass is 10.1. The van der Waals surface area contributed by atoms with Crippen molar-refractivity contribution < 1.29 is 14.3 Å². The molecule has 4 nitrogen and oxygen atoms in total. The molecule has 78 valence electrons. The second kappa shape index (κ2) is 4.02. The van der Waals surface area contributed by atoms with Crippen molar-refractivity contribution in [3.63, 3.8) is 0 Å². The molecule has 0 fully saturated rings. The molecule has 0 aliphatic heterocycles. The highest BCUT2D eigenvalue weighted by molar-refractivity contribution is 9.10. The Morgan fingerprint density at radius 2 is 2.20 bits per heavy atom. The van der Waals surface area contributed by atoms with E-state index in [4.69, 9.17) is 0 Å². The van der Waals surface area contributed by atoms with Gasteiger partial charge < -0.3 is 9.63 Å². The maximum absolute atomic E-state index is 11.1. The first-order valence-electron chi connectivity index (χ1n) is 4.57. The zero-order valence-electron chi connectivity index (χ0n) is 8.11. The van der Waals surface area contributed by atoms with Gasteiger partial charge in [0.25, 0.3) is 0 Å². The summed E-state index contributed by atoms with van der Waals surface area (Å²) in [6.07, 6.45) is 0.872. The lowest BCUT2D eigenvalue weighted by Crippen LogP contribution is -2.35. The largest absolute Gasteiger partial charge is 0.538 e. The molecule has 1 aromatic heterocycles. The molecule has 0 saturated heterocycles. The minimum atomic E-state index is -0.471. The monoisotopic (exact) mass is 268 g/mol. The maximum atomic E-state index is 11.1. The minimum absolute atomic E-state index is 0.309. The normalized spacial score (nSPS) is 10.5. The second-order valence-electron chi connectivity index (χ2n) is 3.05. The summed E-state index contributed by atoms with van der Waals surface area (Å²) in [5.74, 6) is -0.471. The summed E-state index contributed by atoms with van der Waals surface area (Å²) in [5, 5.41) is 14.8. The van der Waals surface area contributed by atoms with Gasteiger partial charge in [0, 0.05) is 27.6 Å². The van der Waals surface area contributed by atoms with Gasteiger partial charge in [-0.2, -0.15) is 0 Å². The standard InChI is InChI=1S/C10H9BrN2O2/c1-2-7-5-3-4-6-8(7)13-9(11)10(14)15-12-13/h3-6H,2H2,1H3. The van der Waals surface area contributed by atoms with Crippen LogP contribution in [-0.4, -0.2) is 5.27 Å². The van der Waals surface area contributed by atoms with Crippen LogP contribution in [0.4, 0.5) is 0 Å². The van der Waals surface area contributed by atoms with Crippen molar-refractivity contribution in [1.82, 2.24) is 5.27 Å². The first-order chi connectivity index (χ1) is 7.24. The van der Waals surface area contributed by atoms with Crippen LogP contribution in [0, 0.1) is 0 Å². The Morgan fingerprint density at radius 3 is 2.80 bits per heavy atom. The Balaban J connectivity index is 2.58. The van der Waals surface area contributed by atoms with Gasteiger partial charge in [-0.15, -0.1) is 0 Å². The van der Waals surface area contributed by atoms with Crippen LogP contribution in [0.2, 0.25) is 0 Å². The van der Waals surface area contributed by atoms with Crippen LogP contribution in [0.25, 0.3) is 5.69 Å². The predicted octanol–water partition coefficient (Wildman–Crippen LogP) is 1.35. The third kappa shape index (κ3) is 1.74. The molecular formula is C10H9BrN2O2. The number of hydrogen-bond donors (Lipinski definition) is 0. The summed E-state index contributed by atoms with van der Waals surface area (Å²) in [4.78, 5) is 0. The zero-order chi connectivity index (χ0) is 10.8. The highest BCUT2D eigenvalue weighted by atomic mass is 79.9. The van der Waals surface area contributed by atoms with Crippen LogP contribution in [0.1, 0.15) is 12.5 Å². The van der Waals surface area contributed by atoms with Gasteiger partial charge in [0.2, 0.25) is 5.69 Å². The SMILES string of the molecule is CCc1ccccc1-[n+]1noc([O-])c1Br. The van der Waals surface area contributed by atoms with Crippen LogP contribution in [0.3, 0.4) is 0 Å². The summed E-state index contributed by atoms with van der Waals surface area (Å²) in [5.41, 5.74) is 1.97. The number of aryl methyl sites for hydroxylation is 1. The molecule has 0 aliphatic carbocycles. The number of rotatable bonds is 2. The van der Waals surface area contributed by atoms with Gasteiger partial charge >= 0.3 is 4.60 Å². The molecule has 1 heterocycles. The van der Waals surface area contributed by atoms with Crippen LogP contribution < -0.4 is 9.79 Å². The van der Waals surface area contributed by atoms with Crippen molar-refractivity contribution in [2.75, 3.05) is 0 Å². The van der Waals surface area contributed by atoms with Gasteiger partial charge in [-0.25, -0.2) is 0 Å². The molecule has 0 saturated carbocycles. The van der Waals surface area contributed by atoms with E-state index in [1.54, 1.807) is 0 Å². The van der Waals surface area contributed by atoms with Gasteiger partial charge in [0.15, 0.2) is 5.95 Å². The molecule has 0 N–H and O–H groups in total. The smallest absolute Gasteiger partial charge is 0.305 e. The van der Waals surface area contributed by atoms with Gasteiger partial charge in [0.1, 0.15) is 0 Å². The molecule has 2 rings (SSSR count). The highest BCUT2D eigenvalue weighted by Gasteiger charge is 2.19. The van der Waals surface area contributed by atoms with Crippen LogP contribution in [0.15, 0.2) is 33.4 Å². The zero-order valence-corrected chi connectivity index (χ0v) is 9.69. The number of hydrogen-bond acceptors (Lipinski definition) is 3. The van der Waals surface area contributed by atoms with Crippen LogP contribution >= 0.6 is 15.9 Å². The summed E-state index contributed by atoms with van der Waals surface area (Å²) < 4.78 is 6.33. The van der Waals surface area contributed by atoms with Crippen molar-refractivity contribution in [2.45, 2.75) is 13.3 Å². The lowest BCUT2D eigenvalue weighted by molar-refractivity contribution is -0.681. The van der Waals surface area contributed by atoms with E-state index < -0.39 is 5.95 Å². The number of halogens is 1. The molecule has 0 spiro atoms. The first kappa shape index (κ1) is 10.2. The average molecular weight is 269 g/mol. The van der Waals surface area contributed by atoms with Gasteiger partial charge in [-0.3, -0.25) is 0 Å². The number of para-hydroxylation sites is 1. The fourth-order valence-electron chi connectivity index (χ4n) is 1.40. The van der Waals surface area contributed by atoms with E-state index in [0.29, 0.717) is 4.60 Å². The molecule has 0 radical (unpaired) electrons. The van der Waals surface area contributed by atoms with Gasteiger partial charge in [-0.05, 0) is 11.1 Å². The first-order valence-corrected chi connectivity index (χ1v) is 5.36. The summed E-state index contributed by atoms with van der Waals surface area (Å²) in [6, 6.07) is 7.74. The van der Waals surface area contributed by atoms with E-state index in [1.165, 1.54) is 4.68 Å². The molecule has 0 aliphatic rings. The Kier molecular flexibility index (Phi) is 2.73. The highest BCUT2D eigenvalue weighted by Crippen LogP contribution is 2.18. The molecule has 15 heavy (non-hydrogen) atoms. The van der Waals surface area contributed by atoms with E-state index in [9.17, 15) is 5.11 Å². The molecule has 0 atom stereocenters. The fraction of sp³-hybridized carbons (Fsp3) is 0.200. The quantitative estimate of drug-likeness (QED) is 0.773. The van der Waals surface area contributed by atoms with Crippen LogP contribution in [0.5, 0.6) is 5.95 Å². The number of benzene rings is 1. The van der Waals surface area contributed by atoms with Crippen molar-refractivity contribution in [1.29, 1.82) is 0 Å². The van der Waals surface area contributed by atoms with Crippen molar-refractivity contribution in [3.05, 3.63) is 34.4 Å². The number of aromatic nitrogens is 2. The lowest BCUT2D eigenvalue weighted by Gasteiger charge is -1.97. The average Bonchev–Trinajstić information content (AvgIpc) is 2.60. The van der Waals surface area contributed by atoms with Gasteiger partial charge in [0.05, 0.1) is 5.27 Å². The molecule has 0 amide bonds. The molecule has 0 unspecified atom stereocenters. The molecule has 5 heteroatoms. The minimum Gasteiger partial charge on any atom is -0.538 e. The summed E-state index contributed by atoms with van der Waals surface area (Å²) in [6.45, 7) is 2.05. The van der Waals surface area contributed by atoms with E-state index in [1.807, 2.05) is 31.2 Å². The van der Waals surface area contributed by atoms with Gasteiger partial charge in [-0.1, -0.05) is 25.1 Å². The van der Waals surface area contributed by atoms with E-state index in [2.05, 4.69) is 25.7 Å². The maximum Gasteiger partial charge on any atom is 0.305 e. The summed E-state index contributed by atoms with van der Waals surface area (Å²) >= 11 is 3.14. The molecule has 2 aromatic rings. The molecular weight excluding hydrogens is 260 g/mol. The second-order valence-corrected chi connectivity index (χ2v) is 3.80. The van der Waals surface area contributed by atoms with E-state index in [0.717, 1.165) is 17.7 Å². The number of nitrogens with zero attached hydrogens (tertiary/aromatic N) is 2. The Hall–Kier alpha value is -1.36. The summed E-state index contributed by atoms with van der Waals surface area (Å²) in [7, 11) is 0. The molecule has 1 aromatic carbocycles. The Bertz CT molecular complexity index is 482. The van der Waals surface area contributed by atoms with Crippen molar-refractivity contribution in [2.24, 2.45) is 0 Å². The topological polar surface area (TPSA) is 53.0 Å². The fourth-order valence-corrected chi connectivity index (χ4v) is 1.73. The van der Waals surface area contributed by atoms with E-state index in [-0.39, 0.29) is 0 Å². The molecule has 0 bridgehead atoms. The van der Waals surface area contributed by atoms with Crippen molar-refractivity contribution >= 4 is 15.9 Å². The van der Waals surface area contributed by atoms with Crippen LogP contribution in [-0.2, 0) is 6.42 Å². The predicted molar refractivity (Wildman–Crippen MR) is 54.6 cm³/mol. The third-order valence-corrected chi connectivity index (χ3v) is 2.82. The Labute approximate surface area is 95.2 Å². The third-order valence-electron chi connectivity index (χ3n) is 2.16. The Morgan fingerprint density at radius 1 is 1.47 bits per heavy atom. The van der Waals surface area contributed by atoms with E-state index >= 15 is 0 Å².